The van der Waals surface area contributed by atoms with Crippen molar-refractivity contribution < 1.29 is 9.13 Å². The van der Waals surface area contributed by atoms with E-state index >= 15 is 0 Å². The quantitative estimate of drug-likeness (QED) is 0.635. The van der Waals surface area contributed by atoms with Crippen molar-refractivity contribution in [1.29, 1.82) is 0 Å². The molecule has 4 aliphatic carbocycles. The number of benzene rings is 1. The fourth-order valence-corrected chi connectivity index (χ4v) is 5.86. The molecule has 0 amide bonds. The SMILES string of the molecule is CCCn1c(Oc2cccc(F)c2)nc2nc(C34CC5C=C3CC(C5)C4)[nH]c2c1=O. The fourth-order valence-electron chi connectivity index (χ4n) is 5.86. The van der Waals surface area contributed by atoms with Crippen LogP contribution < -0.4 is 10.3 Å². The lowest BCUT2D eigenvalue weighted by atomic mass is 9.74. The number of allylic oxidation sites excluding steroid dienone is 2. The smallest absolute Gasteiger partial charge is 0.306 e. The van der Waals surface area contributed by atoms with E-state index in [0.29, 0.717) is 29.4 Å². The monoisotopic (exact) mass is 406 g/mol. The molecule has 1 N–H and O–H groups in total. The lowest BCUT2D eigenvalue weighted by molar-refractivity contribution is 0.280. The van der Waals surface area contributed by atoms with E-state index in [1.54, 1.807) is 12.1 Å². The van der Waals surface area contributed by atoms with Crippen LogP contribution in [-0.4, -0.2) is 19.5 Å². The molecular weight excluding hydrogens is 383 g/mol. The molecule has 2 saturated carbocycles. The summed E-state index contributed by atoms with van der Waals surface area (Å²) < 4.78 is 20.9. The molecule has 154 valence electrons. The van der Waals surface area contributed by atoms with Gasteiger partial charge < -0.3 is 9.72 Å². The molecule has 4 bridgehead atoms. The third-order valence-electron chi connectivity index (χ3n) is 6.93. The van der Waals surface area contributed by atoms with Crippen molar-refractivity contribution in [3.05, 3.63) is 57.9 Å². The number of aromatic amines is 1. The number of nitrogens with zero attached hydrogens (tertiary/aromatic N) is 3. The van der Waals surface area contributed by atoms with Crippen LogP contribution >= 0.6 is 0 Å². The number of fused-ring (bicyclic) bond motifs is 1. The molecule has 2 heterocycles. The summed E-state index contributed by atoms with van der Waals surface area (Å²) in [5.74, 6) is 2.13. The Hall–Kier alpha value is -2.96. The molecular formula is C23H23FN4O2. The van der Waals surface area contributed by atoms with Gasteiger partial charge in [-0.2, -0.15) is 4.98 Å². The van der Waals surface area contributed by atoms with Crippen molar-refractivity contribution in [3.8, 4) is 11.8 Å². The minimum Gasteiger partial charge on any atom is -0.425 e. The summed E-state index contributed by atoms with van der Waals surface area (Å²) in [6.07, 6.45) is 7.78. The van der Waals surface area contributed by atoms with Gasteiger partial charge in [0.25, 0.3) is 5.56 Å². The minimum absolute atomic E-state index is 0.0557. The van der Waals surface area contributed by atoms with Crippen LogP contribution in [0, 0.1) is 17.7 Å². The normalized spacial score (nSPS) is 26.5. The topological polar surface area (TPSA) is 72.8 Å². The average molecular weight is 406 g/mol. The number of hydrogen-bond acceptors (Lipinski definition) is 4. The van der Waals surface area contributed by atoms with Gasteiger partial charge in [-0.1, -0.05) is 24.6 Å². The largest absolute Gasteiger partial charge is 0.425 e. The Labute approximate surface area is 172 Å². The van der Waals surface area contributed by atoms with Crippen molar-refractivity contribution in [2.75, 3.05) is 0 Å². The standard InChI is InChI=1S/C23H23FN4O2/c1-2-6-28-20(29)18-19(27-22(28)30-17-5-3-4-16(24)10-17)26-21(25-18)23-11-13-7-14(12-23)9-15(23)8-13/h3-5,8,10,13-14H,2,6-7,9,11-12H2,1H3,(H,25,26). The van der Waals surface area contributed by atoms with Crippen LogP contribution in [0.2, 0.25) is 0 Å². The van der Waals surface area contributed by atoms with E-state index in [4.69, 9.17) is 9.72 Å². The van der Waals surface area contributed by atoms with Gasteiger partial charge in [-0.3, -0.25) is 9.36 Å². The second-order valence-electron chi connectivity index (χ2n) is 8.94. The first-order valence-electron chi connectivity index (χ1n) is 10.7. The minimum atomic E-state index is -0.403. The zero-order valence-corrected chi connectivity index (χ0v) is 16.8. The van der Waals surface area contributed by atoms with E-state index in [1.165, 1.54) is 28.7 Å². The maximum absolute atomic E-state index is 13.6. The lowest BCUT2D eigenvalue weighted by Gasteiger charge is -2.30. The molecule has 1 aromatic carbocycles. The van der Waals surface area contributed by atoms with Crippen LogP contribution in [0.5, 0.6) is 11.8 Å². The van der Waals surface area contributed by atoms with Crippen LogP contribution in [0.3, 0.4) is 0 Å². The predicted octanol–water partition coefficient (Wildman–Crippen LogP) is 4.46. The zero-order chi connectivity index (χ0) is 20.5. The number of rotatable bonds is 5. The molecule has 7 rings (SSSR count). The van der Waals surface area contributed by atoms with Gasteiger partial charge in [-0.25, -0.2) is 9.37 Å². The third kappa shape index (κ3) is 2.50. The molecule has 30 heavy (non-hydrogen) atoms. The molecule has 6 nitrogen and oxygen atoms in total. The number of imidazole rings is 1. The average Bonchev–Trinajstić information content (AvgIpc) is 3.32. The molecule has 7 heteroatoms. The van der Waals surface area contributed by atoms with Crippen LogP contribution in [0.4, 0.5) is 4.39 Å². The summed E-state index contributed by atoms with van der Waals surface area (Å²) in [5.41, 5.74) is 2.02. The summed E-state index contributed by atoms with van der Waals surface area (Å²) in [4.78, 5) is 26.0. The number of hydrogen-bond donors (Lipinski definition) is 1. The summed E-state index contributed by atoms with van der Waals surface area (Å²) in [6.45, 7) is 2.45. The Bertz CT molecular complexity index is 1260. The van der Waals surface area contributed by atoms with Crippen molar-refractivity contribution >= 4 is 11.2 Å². The van der Waals surface area contributed by atoms with Crippen molar-refractivity contribution in [2.24, 2.45) is 11.8 Å². The van der Waals surface area contributed by atoms with Crippen molar-refractivity contribution in [1.82, 2.24) is 19.5 Å². The van der Waals surface area contributed by atoms with Crippen LogP contribution in [0.25, 0.3) is 11.2 Å². The Morgan fingerprint density at radius 1 is 1.33 bits per heavy atom. The van der Waals surface area contributed by atoms with Gasteiger partial charge >= 0.3 is 6.01 Å². The molecule has 0 saturated heterocycles. The van der Waals surface area contributed by atoms with E-state index in [1.807, 2.05) is 6.92 Å². The number of ether oxygens (including phenoxy) is 1. The summed E-state index contributed by atoms with van der Waals surface area (Å²) in [5, 5.41) is 0. The summed E-state index contributed by atoms with van der Waals surface area (Å²) in [7, 11) is 0. The van der Waals surface area contributed by atoms with Gasteiger partial charge in [0.2, 0.25) is 0 Å². The maximum atomic E-state index is 13.6. The lowest BCUT2D eigenvalue weighted by Crippen LogP contribution is -2.28. The van der Waals surface area contributed by atoms with E-state index in [2.05, 4.69) is 16.0 Å². The number of nitrogens with one attached hydrogen (secondary N) is 1. The van der Waals surface area contributed by atoms with Gasteiger partial charge in [0.15, 0.2) is 11.2 Å². The second kappa shape index (κ2) is 6.27. The first-order chi connectivity index (χ1) is 14.6. The first-order valence-corrected chi connectivity index (χ1v) is 10.7. The molecule has 2 fully saturated rings. The van der Waals surface area contributed by atoms with Gasteiger partial charge in [-0.05, 0) is 56.1 Å². The molecule has 2 aromatic heterocycles. The highest BCUT2D eigenvalue weighted by molar-refractivity contribution is 5.70. The molecule has 0 aliphatic heterocycles. The molecule has 3 aromatic rings. The molecule has 0 spiro atoms. The van der Waals surface area contributed by atoms with Crippen LogP contribution in [0.15, 0.2) is 40.7 Å². The maximum Gasteiger partial charge on any atom is 0.306 e. The molecule has 4 aliphatic rings. The fraction of sp³-hybridized carbons (Fsp3) is 0.435. The van der Waals surface area contributed by atoms with Crippen LogP contribution in [-0.2, 0) is 12.0 Å². The number of H-pyrrole nitrogens is 1. The highest BCUT2D eigenvalue weighted by atomic mass is 19.1. The van der Waals surface area contributed by atoms with Gasteiger partial charge in [0.1, 0.15) is 17.4 Å². The van der Waals surface area contributed by atoms with Crippen LogP contribution in [0.1, 0.15) is 44.9 Å². The van der Waals surface area contributed by atoms with E-state index in [-0.39, 0.29) is 17.0 Å². The number of halogens is 1. The van der Waals surface area contributed by atoms with E-state index < -0.39 is 5.82 Å². The van der Waals surface area contributed by atoms with E-state index in [9.17, 15) is 9.18 Å². The number of aromatic nitrogens is 4. The summed E-state index contributed by atoms with van der Waals surface area (Å²) >= 11 is 0. The third-order valence-corrected chi connectivity index (χ3v) is 6.93. The van der Waals surface area contributed by atoms with Gasteiger partial charge in [0.05, 0.1) is 5.41 Å². The highest BCUT2D eigenvalue weighted by Crippen LogP contribution is 2.62. The van der Waals surface area contributed by atoms with Crippen molar-refractivity contribution in [2.45, 2.75) is 51.0 Å². The Balaban J connectivity index is 1.47. The zero-order valence-electron chi connectivity index (χ0n) is 16.8. The van der Waals surface area contributed by atoms with Gasteiger partial charge in [0, 0.05) is 12.6 Å². The Morgan fingerprint density at radius 2 is 2.23 bits per heavy atom. The first kappa shape index (κ1) is 17.9. The van der Waals surface area contributed by atoms with E-state index in [0.717, 1.165) is 37.4 Å². The molecule has 3 atom stereocenters. The Morgan fingerprint density at radius 3 is 3.03 bits per heavy atom. The Kier molecular flexibility index (Phi) is 3.73. The molecule has 0 radical (unpaired) electrons. The molecule has 3 unspecified atom stereocenters. The second-order valence-corrected chi connectivity index (χ2v) is 8.94. The van der Waals surface area contributed by atoms with Gasteiger partial charge in [-0.15, -0.1) is 0 Å². The van der Waals surface area contributed by atoms with Crippen molar-refractivity contribution in [3.63, 3.8) is 0 Å². The highest BCUT2D eigenvalue weighted by Gasteiger charge is 2.55. The summed E-state index contributed by atoms with van der Waals surface area (Å²) in [6, 6.07) is 5.98. The predicted molar refractivity (Wildman–Crippen MR) is 110 cm³/mol.